The molecule has 0 fully saturated rings. The molecule has 2 aromatic rings. The summed E-state index contributed by atoms with van der Waals surface area (Å²) in [6.45, 7) is 0. The standard InChI is InChI=1S/C13H12FNO4S/c1-19-12-8-9(14)6-7-10(12)15-20(17,18)13-5-3-2-4-11(13)16/h2-8,15-16H,1H3. The van der Waals surface area contributed by atoms with E-state index in [1.807, 2.05) is 0 Å². The summed E-state index contributed by atoms with van der Waals surface area (Å²) >= 11 is 0. The minimum Gasteiger partial charge on any atom is -0.507 e. The van der Waals surface area contributed by atoms with E-state index in [1.165, 1.54) is 37.4 Å². The van der Waals surface area contributed by atoms with Crippen molar-refractivity contribution in [3.05, 3.63) is 48.3 Å². The number of methoxy groups -OCH3 is 1. The van der Waals surface area contributed by atoms with E-state index in [9.17, 15) is 17.9 Å². The maximum Gasteiger partial charge on any atom is 0.265 e. The highest BCUT2D eigenvalue weighted by Crippen LogP contribution is 2.29. The van der Waals surface area contributed by atoms with Crippen LogP contribution in [0.5, 0.6) is 11.5 Å². The molecule has 0 saturated carbocycles. The van der Waals surface area contributed by atoms with E-state index < -0.39 is 15.8 Å². The molecule has 0 bridgehead atoms. The molecule has 7 heteroatoms. The fourth-order valence-electron chi connectivity index (χ4n) is 1.63. The number of sulfonamides is 1. The van der Waals surface area contributed by atoms with Crippen LogP contribution in [0.3, 0.4) is 0 Å². The van der Waals surface area contributed by atoms with Gasteiger partial charge < -0.3 is 9.84 Å². The van der Waals surface area contributed by atoms with Crippen molar-refractivity contribution in [1.29, 1.82) is 0 Å². The Morgan fingerprint density at radius 1 is 1.20 bits per heavy atom. The van der Waals surface area contributed by atoms with Gasteiger partial charge >= 0.3 is 0 Å². The van der Waals surface area contributed by atoms with Crippen LogP contribution in [0.15, 0.2) is 47.4 Å². The molecule has 2 aromatic carbocycles. The van der Waals surface area contributed by atoms with Gasteiger partial charge in [0.05, 0.1) is 12.8 Å². The van der Waals surface area contributed by atoms with Gasteiger partial charge in [0.25, 0.3) is 10.0 Å². The minimum absolute atomic E-state index is 0.0454. The van der Waals surface area contributed by atoms with Gasteiger partial charge in [0.2, 0.25) is 0 Å². The molecule has 0 spiro atoms. The zero-order valence-corrected chi connectivity index (χ0v) is 11.3. The van der Waals surface area contributed by atoms with E-state index in [0.717, 1.165) is 12.1 Å². The lowest BCUT2D eigenvalue weighted by atomic mass is 10.3. The smallest absolute Gasteiger partial charge is 0.265 e. The lowest BCUT2D eigenvalue weighted by molar-refractivity contribution is 0.413. The number of anilines is 1. The van der Waals surface area contributed by atoms with Gasteiger partial charge in [-0.3, -0.25) is 4.72 Å². The van der Waals surface area contributed by atoms with Crippen molar-refractivity contribution >= 4 is 15.7 Å². The summed E-state index contributed by atoms with van der Waals surface area (Å²) in [4.78, 5) is -0.272. The third kappa shape index (κ3) is 2.83. The molecule has 0 aromatic heterocycles. The summed E-state index contributed by atoms with van der Waals surface area (Å²) in [7, 11) is -2.69. The molecule has 0 heterocycles. The zero-order valence-electron chi connectivity index (χ0n) is 10.5. The Morgan fingerprint density at radius 2 is 1.90 bits per heavy atom. The Hall–Kier alpha value is -2.28. The molecule has 0 aliphatic heterocycles. The topological polar surface area (TPSA) is 75.6 Å². The Balaban J connectivity index is 2.41. The maximum absolute atomic E-state index is 13.1. The highest BCUT2D eigenvalue weighted by atomic mass is 32.2. The SMILES string of the molecule is COc1cc(F)ccc1NS(=O)(=O)c1ccccc1O. The largest absolute Gasteiger partial charge is 0.507 e. The number of ether oxygens (including phenoxy) is 1. The van der Waals surface area contributed by atoms with Crippen LogP contribution in [0.4, 0.5) is 10.1 Å². The molecule has 0 aliphatic rings. The third-order valence-corrected chi connectivity index (χ3v) is 3.98. The van der Waals surface area contributed by atoms with Crippen molar-refractivity contribution < 1.29 is 22.7 Å². The number of benzene rings is 2. The highest BCUT2D eigenvalue weighted by Gasteiger charge is 2.20. The van der Waals surface area contributed by atoms with Crippen molar-refractivity contribution in [2.45, 2.75) is 4.90 Å². The number of halogens is 1. The maximum atomic E-state index is 13.1. The average molecular weight is 297 g/mol. The van der Waals surface area contributed by atoms with Gasteiger partial charge in [-0.2, -0.15) is 0 Å². The van der Waals surface area contributed by atoms with Crippen LogP contribution in [0, 0.1) is 5.82 Å². The van der Waals surface area contributed by atoms with Gasteiger partial charge in [-0.15, -0.1) is 0 Å². The number of nitrogens with one attached hydrogen (secondary N) is 1. The first-order valence-corrected chi connectivity index (χ1v) is 7.07. The summed E-state index contributed by atoms with van der Waals surface area (Å²) in [6, 6.07) is 8.91. The van der Waals surface area contributed by atoms with E-state index in [-0.39, 0.29) is 22.1 Å². The van der Waals surface area contributed by atoms with Crippen LogP contribution in [0.25, 0.3) is 0 Å². The summed E-state index contributed by atoms with van der Waals surface area (Å²) in [5.74, 6) is -0.877. The lowest BCUT2D eigenvalue weighted by Crippen LogP contribution is -2.13. The van der Waals surface area contributed by atoms with Crippen molar-refractivity contribution in [2.75, 3.05) is 11.8 Å². The van der Waals surface area contributed by atoms with Crippen LogP contribution >= 0.6 is 0 Å². The van der Waals surface area contributed by atoms with Gasteiger partial charge in [-0.05, 0) is 24.3 Å². The second-order valence-corrected chi connectivity index (χ2v) is 5.57. The molecule has 20 heavy (non-hydrogen) atoms. The van der Waals surface area contributed by atoms with E-state index in [0.29, 0.717) is 0 Å². The van der Waals surface area contributed by atoms with Crippen LogP contribution in [0.2, 0.25) is 0 Å². The number of phenols is 1. The normalized spacial score (nSPS) is 11.1. The van der Waals surface area contributed by atoms with Crippen LogP contribution < -0.4 is 9.46 Å². The molecule has 0 amide bonds. The fourth-order valence-corrected chi connectivity index (χ4v) is 2.80. The minimum atomic E-state index is -3.99. The third-order valence-electron chi connectivity index (χ3n) is 2.56. The summed E-state index contributed by atoms with van der Waals surface area (Å²) < 4.78 is 44.5. The summed E-state index contributed by atoms with van der Waals surface area (Å²) in [5.41, 5.74) is 0.0807. The Morgan fingerprint density at radius 3 is 2.55 bits per heavy atom. The lowest BCUT2D eigenvalue weighted by Gasteiger charge is -2.12. The molecule has 0 radical (unpaired) electrons. The van der Waals surface area contributed by atoms with Gasteiger partial charge in [-0.25, -0.2) is 12.8 Å². The molecule has 5 nitrogen and oxygen atoms in total. The monoisotopic (exact) mass is 297 g/mol. The number of hydrogen-bond donors (Lipinski definition) is 2. The molecule has 0 unspecified atom stereocenters. The predicted molar refractivity (Wildman–Crippen MR) is 71.9 cm³/mol. The van der Waals surface area contributed by atoms with E-state index in [4.69, 9.17) is 4.74 Å². The first kappa shape index (κ1) is 14.1. The molecule has 2 N–H and O–H groups in total. The Labute approximate surface area is 115 Å². The molecular weight excluding hydrogens is 285 g/mol. The number of hydrogen-bond acceptors (Lipinski definition) is 4. The van der Waals surface area contributed by atoms with Gasteiger partial charge in [-0.1, -0.05) is 12.1 Å². The van der Waals surface area contributed by atoms with Gasteiger partial charge in [0.1, 0.15) is 22.2 Å². The Bertz CT molecular complexity index is 731. The molecule has 0 aliphatic carbocycles. The van der Waals surface area contributed by atoms with Crippen molar-refractivity contribution in [3.63, 3.8) is 0 Å². The summed E-state index contributed by atoms with van der Waals surface area (Å²) in [5, 5.41) is 9.58. The van der Waals surface area contributed by atoms with Crippen molar-refractivity contribution in [2.24, 2.45) is 0 Å². The molecular formula is C13H12FNO4S. The fraction of sp³-hybridized carbons (Fsp3) is 0.0769. The summed E-state index contributed by atoms with van der Waals surface area (Å²) in [6.07, 6.45) is 0. The molecule has 0 saturated heterocycles. The van der Waals surface area contributed by atoms with Crippen molar-refractivity contribution in [1.82, 2.24) is 0 Å². The van der Waals surface area contributed by atoms with E-state index in [2.05, 4.69) is 4.72 Å². The first-order valence-electron chi connectivity index (χ1n) is 5.58. The van der Waals surface area contributed by atoms with Gasteiger partial charge in [0, 0.05) is 6.07 Å². The molecule has 0 atom stereocenters. The van der Waals surface area contributed by atoms with Crippen LogP contribution in [-0.4, -0.2) is 20.6 Å². The zero-order chi connectivity index (χ0) is 14.8. The van der Waals surface area contributed by atoms with Gasteiger partial charge in [0.15, 0.2) is 0 Å². The predicted octanol–water partition coefficient (Wildman–Crippen LogP) is 2.34. The number of aromatic hydroxyl groups is 1. The number of phenolic OH excluding ortho intramolecular Hbond substituents is 1. The molecule has 106 valence electrons. The van der Waals surface area contributed by atoms with Crippen molar-refractivity contribution in [3.8, 4) is 11.5 Å². The quantitative estimate of drug-likeness (QED) is 0.908. The average Bonchev–Trinajstić information content (AvgIpc) is 2.41. The number of para-hydroxylation sites is 1. The van der Waals surface area contributed by atoms with Crippen LogP contribution in [-0.2, 0) is 10.0 Å². The first-order chi connectivity index (χ1) is 9.44. The second kappa shape index (κ2) is 5.38. The number of rotatable bonds is 4. The molecule has 2 rings (SSSR count). The second-order valence-electron chi connectivity index (χ2n) is 3.92. The van der Waals surface area contributed by atoms with Crippen LogP contribution in [0.1, 0.15) is 0 Å². The highest BCUT2D eigenvalue weighted by molar-refractivity contribution is 7.92. The van der Waals surface area contributed by atoms with E-state index >= 15 is 0 Å². The van der Waals surface area contributed by atoms with E-state index in [1.54, 1.807) is 0 Å². The Kier molecular flexibility index (Phi) is 3.80.